The minimum absolute atomic E-state index is 0.0545. The summed E-state index contributed by atoms with van der Waals surface area (Å²) in [5.74, 6) is -0.198. The van der Waals surface area contributed by atoms with Crippen molar-refractivity contribution in [2.75, 3.05) is 0 Å². The highest BCUT2D eigenvalue weighted by Crippen LogP contribution is 2.34. The Balaban J connectivity index is 2.09. The molecule has 0 spiro atoms. The van der Waals surface area contributed by atoms with Gasteiger partial charge in [-0.15, -0.1) is 0 Å². The van der Waals surface area contributed by atoms with Gasteiger partial charge in [0.1, 0.15) is 17.1 Å². The number of pyridine rings is 1. The SMILES string of the molecule is CCc1cccc(-n2nc(C#N)c3[nH]c(=O)c(-c4ccccc4)c(O)c32)c1. The van der Waals surface area contributed by atoms with Gasteiger partial charge in [0.05, 0.1) is 11.3 Å². The minimum atomic E-state index is -0.468. The zero-order valence-electron chi connectivity index (χ0n) is 14.6. The van der Waals surface area contributed by atoms with E-state index in [1.54, 1.807) is 24.3 Å². The van der Waals surface area contributed by atoms with Crippen molar-refractivity contribution in [2.24, 2.45) is 0 Å². The number of aromatic hydroxyl groups is 1. The van der Waals surface area contributed by atoms with Crippen molar-refractivity contribution in [2.45, 2.75) is 13.3 Å². The van der Waals surface area contributed by atoms with Gasteiger partial charge in [-0.25, -0.2) is 4.68 Å². The zero-order valence-corrected chi connectivity index (χ0v) is 14.6. The molecule has 0 aliphatic rings. The topological polar surface area (TPSA) is 94.7 Å². The van der Waals surface area contributed by atoms with Gasteiger partial charge in [0.15, 0.2) is 11.4 Å². The van der Waals surface area contributed by atoms with Crippen molar-refractivity contribution in [3.63, 3.8) is 0 Å². The number of nitriles is 1. The molecule has 0 amide bonds. The standard InChI is InChI=1S/C21H16N4O2/c1-2-13-7-6-10-15(11-13)25-19-18(16(12-22)24-25)23-21(27)17(20(19)26)14-8-4-3-5-9-14/h3-11H,2H2,1H3,(H2,23,26,27). The summed E-state index contributed by atoms with van der Waals surface area (Å²) in [6.07, 6.45) is 0.843. The number of hydrogen-bond acceptors (Lipinski definition) is 4. The maximum absolute atomic E-state index is 12.6. The number of hydrogen-bond donors (Lipinski definition) is 2. The summed E-state index contributed by atoms with van der Waals surface area (Å²) in [7, 11) is 0. The normalized spacial score (nSPS) is 10.8. The van der Waals surface area contributed by atoms with Gasteiger partial charge in [0.25, 0.3) is 5.56 Å². The van der Waals surface area contributed by atoms with E-state index in [0.717, 1.165) is 12.0 Å². The molecule has 0 aliphatic heterocycles. The Morgan fingerprint density at radius 1 is 1.19 bits per heavy atom. The summed E-state index contributed by atoms with van der Waals surface area (Å²) < 4.78 is 1.50. The molecule has 6 nitrogen and oxygen atoms in total. The second-order valence-electron chi connectivity index (χ2n) is 6.16. The molecule has 27 heavy (non-hydrogen) atoms. The summed E-state index contributed by atoms with van der Waals surface area (Å²) in [6, 6.07) is 18.6. The first-order chi connectivity index (χ1) is 13.1. The van der Waals surface area contributed by atoms with Crippen LogP contribution in [-0.2, 0) is 6.42 Å². The lowest BCUT2D eigenvalue weighted by atomic mass is 10.1. The van der Waals surface area contributed by atoms with E-state index in [2.05, 4.69) is 10.1 Å². The van der Waals surface area contributed by atoms with Gasteiger partial charge in [-0.3, -0.25) is 4.79 Å². The summed E-state index contributed by atoms with van der Waals surface area (Å²) in [4.78, 5) is 15.3. The molecule has 2 aromatic carbocycles. The molecule has 0 atom stereocenters. The molecule has 4 aromatic rings. The first-order valence-electron chi connectivity index (χ1n) is 8.56. The van der Waals surface area contributed by atoms with Crippen LogP contribution in [0.5, 0.6) is 5.75 Å². The largest absolute Gasteiger partial charge is 0.505 e. The summed E-state index contributed by atoms with van der Waals surface area (Å²) in [5.41, 5.74) is 2.67. The van der Waals surface area contributed by atoms with Crippen molar-refractivity contribution < 1.29 is 5.11 Å². The summed E-state index contributed by atoms with van der Waals surface area (Å²) in [5, 5.41) is 24.7. The molecule has 0 saturated heterocycles. The summed E-state index contributed by atoms with van der Waals surface area (Å²) >= 11 is 0. The molecular formula is C21H16N4O2. The fourth-order valence-corrected chi connectivity index (χ4v) is 3.20. The lowest BCUT2D eigenvalue weighted by Crippen LogP contribution is -2.10. The number of benzene rings is 2. The Kier molecular flexibility index (Phi) is 3.98. The van der Waals surface area contributed by atoms with Crippen molar-refractivity contribution in [3.8, 4) is 28.6 Å². The lowest BCUT2D eigenvalue weighted by molar-refractivity contribution is 0.480. The first-order valence-corrected chi connectivity index (χ1v) is 8.56. The predicted molar refractivity (Wildman–Crippen MR) is 103 cm³/mol. The van der Waals surface area contributed by atoms with Gasteiger partial charge in [-0.05, 0) is 29.7 Å². The molecule has 2 N–H and O–H groups in total. The Bertz CT molecular complexity index is 1250. The third-order valence-electron chi connectivity index (χ3n) is 4.54. The van der Waals surface area contributed by atoms with Gasteiger partial charge in [0.2, 0.25) is 0 Å². The second-order valence-corrected chi connectivity index (χ2v) is 6.16. The zero-order chi connectivity index (χ0) is 19.0. The highest BCUT2D eigenvalue weighted by molar-refractivity contribution is 5.92. The third kappa shape index (κ3) is 2.66. The number of aryl methyl sites for hydroxylation is 1. The van der Waals surface area contributed by atoms with Gasteiger partial charge >= 0.3 is 0 Å². The first kappa shape index (κ1) is 16.6. The number of nitrogens with one attached hydrogen (secondary N) is 1. The fourth-order valence-electron chi connectivity index (χ4n) is 3.20. The quantitative estimate of drug-likeness (QED) is 0.587. The molecule has 0 aliphatic carbocycles. The number of aromatic amines is 1. The number of fused-ring (bicyclic) bond motifs is 1. The van der Waals surface area contributed by atoms with Crippen LogP contribution in [0, 0.1) is 11.3 Å². The minimum Gasteiger partial charge on any atom is -0.505 e. The third-order valence-corrected chi connectivity index (χ3v) is 4.54. The van der Waals surface area contributed by atoms with Crippen molar-refractivity contribution in [1.29, 1.82) is 5.26 Å². The van der Waals surface area contributed by atoms with E-state index in [9.17, 15) is 15.2 Å². The maximum Gasteiger partial charge on any atom is 0.260 e. The Morgan fingerprint density at radius 2 is 1.96 bits per heavy atom. The molecular weight excluding hydrogens is 340 g/mol. The van der Waals surface area contributed by atoms with E-state index in [1.807, 2.05) is 43.3 Å². The van der Waals surface area contributed by atoms with Crippen LogP contribution in [0.15, 0.2) is 59.4 Å². The van der Waals surface area contributed by atoms with Crippen molar-refractivity contribution in [1.82, 2.24) is 14.8 Å². The van der Waals surface area contributed by atoms with Gasteiger partial charge in [-0.1, -0.05) is 49.4 Å². The Morgan fingerprint density at radius 3 is 2.67 bits per heavy atom. The lowest BCUT2D eigenvalue weighted by Gasteiger charge is -2.09. The van der Waals surface area contributed by atoms with Crippen LogP contribution >= 0.6 is 0 Å². The smallest absolute Gasteiger partial charge is 0.260 e. The van der Waals surface area contributed by atoms with Crippen LogP contribution in [0.3, 0.4) is 0 Å². The van der Waals surface area contributed by atoms with Crippen LogP contribution in [0.25, 0.3) is 27.8 Å². The Labute approximate surface area is 154 Å². The monoisotopic (exact) mass is 356 g/mol. The number of nitrogens with zero attached hydrogens (tertiary/aromatic N) is 3. The highest BCUT2D eigenvalue weighted by Gasteiger charge is 2.22. The molecule has 0 fully saturated rings. The molecule has 0 bridgehead atoms. The van der Waals surface area contributed by atoms with Crippen LogP contribution in [0.4, 0.5) is 0 Å². The molecule has 2 aromatic heterocycles. The fraction of sp³-hybridized carbons (Fsp3) is 0.0952. The van der Waals surface area contributed by atoms with Crippen LogP contribution in [0.1, 0.15) is 18.2 Å². The molecule has 2 heterocycles. The van der Waals surface area contributed by atoms with Gasteiger partial charge < -0.3 is 10.1 Å². The van der Waals surface area contributed by atoms with Gasteiger partial charge in [0, 0.05) is 0 Å². The number of rotatable bonds is 3. The second kappa shape index (κ2) is 6.46. The molecule has 0 unspecified atom stereocenters. The maximum atomic E-state index is 12.6. The number of H-pyrrole nitrogens is 1. The van der Waals surface area contributed by atoms with Crippen molar-refractivity contribution >= 4 is 11.0 Å². The molecule has 0 radical (unpaired) electrons. The van der Waals surface area contributed by atoms with E-state index in [-0.39, 0.29) is 22.5 Å². The highest BCUT2D eigenvalue weighted by atomic mass is 16.3. The Hall–Kier alpha value is -3.85. The van der Waals surface area contributed by atoms with Crippen LogP contribution in [-0.4, -0.2) is 19.9 Å². The van der Waals surface area contributed by atoms with E-state index in [4.69, 9.17) is 0 Å². The average molecular weight is 356 g/mol. The van der Waals surface area contributed by atoms with E-state index in [1.165, 1.54) is 4.68 Å². The van der Waals surface area contributed by atoms with Crippen LogP contribution < -0.4 is 5.56 Å². The van der Waals surface area contributed by atoms with Gasteiger partial charge in [-0.2, -0.15) is 10.4 Å². The van der Waals surface area contributed by atoms with Crippen molar-refractivity contribution in [3.05, 3.63) is 76.2 Å². The molecule has 132 valence electrons. The van der Waals surface area contributed by atoms with E-state index in [0.29, 0.717) is 16.8 Å². The molecule has 6 heteroatoms. The molecule has 4 rings (SSSR count). The van der Waals surface area contributed by atoms with E-state index >= 15 is 0 Å². The average Bonchev–Trinajstić information content (AvgIpc) is 3.07. The number of aromatic nitrogens is 3. The molecule has 0 saturated carbocycles. The van der Waals surface area contributed by atoms with Crippen LogP contribution in [0.2, 0.25) is 0 Å². The summed E-state index contributed by atoms with van der Waals surface area (Å²) in [6.45, 7) is 2.05. The predicted octanol–water partition coefficient (Wildman–Crippen LogP) is 3.52. The van der Waals surface area contributed by atoms with E-state index < -0.39 is 5.56 Å².